The summed E-state index contributed by atoms with van der Waals surface area (Å²) in [5.41, 5.74) is 5.63. The molecule has 0 aliphatic rings. The highest BCUT2D eigenvalue weighted by Crippen LogP contribution is 1.99. The smallest absolute Gasteiger partial charge is 0.328 e. The Labute approximate surface area is 149 Å². The third kappa shape index (κ3) is 7.31. The predicted octanol–water partition coefficient (Wildman–Crippen LogP) is -4.51. The number of carboxylic acid groups (broad SMARTS) is 1. The summed E-state index contributed by atoms with van der Waals surface area (Å²) in [6.07, 6.45) is 0. The van der Waals surface area contributed by atoms with Crippen molar-refractivity contribution in [3.8, 4) is 0 Å². The molecule has 0 radical (unpaired) electrons. The number of rotatable bonds is 11. The normalized spacial score (nSPS) is 15.5. The first kappa shape index (κ1) is 23.7. The Morgan fingerprint density at radius 3 is 1.42 bits per heavy atom. The molecule has 0 aromatic rings. The lowest BCUT2D eigenvalue weighted by Crippen LogP contribution is -2.59. The number of aliphatic carboxylic acids is 1. The van der Waals surface area contributed by atoms with E-state index >= 15 is 0 Å². The molecule has 0 aromatic carbocycles. The summed E-state index contributed by atoms with van der Waals surface area (Å²) in [4.78, 5) is 46.6. The van der Waals surface area contributed by atoms with Gasteiger partial charge in [-0.25, -0.2) is 4.79 Å². The maximum Gasteiger partial charge on any atom is 0.328 e. The summed E-state index contributed by atoms with van der Waals surface area (Å²) in [6, 6.07) is -5.52. The van der Waals surface area contributed by atoms with E-state index in [0.717, 1.165) is 0 Å². The van der Waals surface area contributed by atoms with Gasteiger partial charge in [-0.15, -0.1) is 0 Å². The zero-order valence-corrected chi connectivity index (χ0v) is 14.5. The number of carboxylic acids is 1. The van der Waals surface area contributed by atoms with Crippen molar-refractivity contribution < 1.29 is 39.6 Å². The van der Waals surface area contributed by atoms with E-state index in [2.05, 4.69) is 10.6 Å². The molecule has 0 fully saturated rings. The molecule has 0 bridgehead atoms. The van der Waals surface area contributed by atoms with Gasteiger partial charge in [0.15, 0.2) is 0 Å². The molecule has 0 spiro atoms. The Kier molecular flexibility index (Phi) is 10.4. The van der Waals surface area contributed by atoms with E-state index < -0.39 is 67.7 Å². The van der Waals surface area contributed by atoms with E-state index in [0.29, 0.717) is 0 Å². The largest absolute Gasteiger partial charge is 0.480 e. The maximum absolute atomic E-state index is 12.1. The number of carbonyl (C=O) groups is 4. The SMILES string of the molecule is CC(C)[C@H](N)C(=O)N[C@@H](CO)C(=O)N[C@@H](CO)C(=O)N[C@@H](CO)C(=O)O. The molecule has 9 N–H and O–H groups in total. The van der Waals surface area contributed by atoms with Crippen LogP contribution in [0.3, 0.4) is 0 Å². The Morgan fingerprint density at radius 1 is 0.769 bits per heavy atom. The maximum atomic E-state index is 12.1. The van der Waals surface area contributed by atoms with Crippen molar-refractivity contribution in [2.75, 3.05) is 19.8 Å². The van der Waals surface area contributed by atoms with Crippen LogP contribution in [0.15, 0.2) is 0 Å². The summed E-state index contributed by atoms with van der Waals surface area (Å²) < 4.78 is 0. The summed E-state index contributed by atoms with van der Waals surface area (Å²) >= 11 is 0. The van der Waals surface area contributed by atoms with Gasteiger partial charge in [0.2, 0.25) is 17.7 Å². The molecule has 0 saturated carbocycles. The van der Waals surface area contributed by atoms with Gasteiger partial charge in [0.25, 0.3) is 0 Å². The number of aliphatic hydroxyl groups is 3. The van der Waals surface area contributed by atoms with Crippen molar-refractivity contribution in [1.82, 2.24) is 16.0 Å². The molecule has 0 saturated heterocycles. The minimum Gasteiger partial charge on any atom is -0.480 e. The van der Waals surface area contributed by atoms with Crippen LogP contribution in [0.4, 0.5) is 0 Å². The van der Waals surface area contributed by atoms with E-state index in [1.165, 1.54) is 0 Å². The average Bonchev–Trinajstić information content (AvgIpc) is 2.59. The highest BCUT2D eigenvalue weighted by Gasteiger charge is 2.29. The lowest BCUT2D eigenvalue weighted by Gasteiger charge is -2.23. The van der Waals surface area contributed by atoms with Crippen molar-refractivity contribution >= 4 is 23.7 Å². The van der Waals surface area contributed by atoms with Gasteiger partial charge in [-0.05, 0) is 5.92 Å². The first-order chi connectivity index (χ1) is 12.1. The second-order valence-corrected chi connectivity index (χ2v) is 5.84. The van der Waals surface area contributed by atoms with E-state index in [4.69, 9.17) is 15.9 Å². The van der Waals surface area contributed by atoms with E-state index in [-0.39, 0.29) is 5.92 Å². The number of carbonyl (C=O) groups excluding carboxylic acids is 3. The van der Waals surface area contributed by atoms with Gasteiger partial charge in [0.1, 0.15) is 18.1 Å². The zero-order chi connectivity index (χ0) is 20.4. The number of hydrogen-bond acceptors (Lipinski definition) is 8. The third-order valence-electron chi connectivity index (χ3n) is 3.45. The number of amides is 3. The molecule has 0 aliphatic heterocycles. The van der Waals surface area contributed by atoms with Crippen LogP contribution in [0, 0.1) is 5.92 Å². The molecule has 0 aliphatic carbocycles. The summed E-state index contributed by atoms with van der Waals surface area (Å²) in [6.45, 7) is 0.800. The molecule has 3 amide bonds. The lowest BCUT2D eigenvalue weighted by molar-refractivity contribution is -0.143. The van der Waals surface area contributed by atoms with Gasteiger partial charge in [-0.2, -0.15) is 0 Å². The number of hydrogen-bond donors (Lipinski definition) is 8. The first-order valence-electron chi connectivity index (χ1n) is 7.81. The van der Waals surface area contributed by atoms with Crippen molar-refractivity contribution in [3.05, 3.63) is 0 Å². The van der Waals surface area contributed by atoms with E-state index in [1.54, 1.807) is 13.8 Å². The lowest BCUT2D eigenvalue weighted by atomic mass is 10.0. The molecule has 0 heterocycles. The molecular formula is C14H26N4O8. The van der Waals surface area contributed by atoms with Crippen LogP contribution in [-0.4, -0.2) is 88.1 Å². The van der Waals surface area contributed by atoms with Crippen molar-refractivity contribution in [3.63, 3.8) is 0 Å². The average molecular weight is 378 g/mol. The topological polar surface area (TPSA) is 211 Å². The van der Waals surface area contributed by atoms with Gasteiger partial charge in [0, 0.05) is 0 Å². The fourth-order valence-corrected chi connectivity index (χ4v) is 1.69. The molecule has 12 nitrogen and oxygen atoms in total. The quantitative estimate of drug-likeness (QED) is 0.174. The second kappa shape index (κ2) is 11.4. The van der Waals surface area contributed by atoms with Crippen LogP contribution in [0.5, 0.6) is 0 Å². The van der Waals surface area contributed by atoms with Crippen molar-refractivity contribution in [2.24, 2.45) is 11.7 Å². The van der Waals surface area contributed by atoms with Gasteiger partial charge in [-0.1, -0.05) is 13.8 Å². The molecule has 12 heteroatoms. The molecule has 26 heavy (non-hydrogen) atoms. The predicted molar refractivity (Wildman–Crippen MR) is 87.5 cm³/mol. The van der Waals surface area contributed by atoms with Crippen LogP contribution >= 0.6 is 0 Å². The third-order valence-corrected chi connectivity index (χ3v) is 3.45. The molecule has 0 rings (SSSR count). The summed E-state index contributed by atoms with van der Waals surface area (Å²) in [5, 5.41) is 42.3. The molecule has 150 valence electrons. The second-order valence-electron chi connectivity index (χ2n) is 5.84. The fraction of sp³-hybridized carbons (Fsp3) is 0.714. The number of nitrogens with one attached hydrogen (secondary N) is 3. The van der Waals surface area contributed by atoms with Gasteiger partial charge >= 0.3 is 5.97 Å². The van der Waals surface area contributed by atoms with Gasteiger partial charge in [0.05, 0.1) is 25.9 Å². The van der Waals surface area contributed by atoms with Crippen LogP contribution < -0.4 is 21.7 Å². The summed E-state index contributed by atoms with van der Waals surface area (Å²) in [5.74, 6) is -4.47. The Bertz CT molecular complexity index is 513. The minimum absolute atomic E-state index is 0.222. The Balaban J connectivity index is 4.91. The molecule has 0 aromatic heterocycles. The van der Waals surface area contributed by atoms with E-state index in [1.807, 2.05) is 5.32 Å². The highest BCUT2D eigenvalue weighted by molar-refractivity contribution is 5.94. The highest BCUT2D eigenvalue weighted by atomic mass is 16.4. The Morgan fingerprint density at radius 2 is 1.12 bits per heavy atom. The molecular weight excluding hydrogens is 352 g/mol. The van der Waals surface area contributed by atoms with Crippen molar-refractivity contribution in [2.45, 2.75) is 38.0 Å². The summed E-state index contributed by atoms with van der Waals surface area (Å²) in [7, 11) is 0. The molecule has 0 unspecified atom stereocenters. The van der Waals surface area contributed by atoms with E-state index in [9.17, 15) is 29.4 Å². The van der Waals surface area contributed by atoms with Crippen LogP contribution in [0.2, 0.25) is 0 Å². The number of nitrogens with two attached hydrogens (primary N) is 1. The first-order valence-corrected chi connectivity index (χ1v) is 7.81. The minimum atomic E-state index is -1.62. The Hall–Kier alpha value is -2.28. The standard InChI is InChI=1S/C14H26N4O8/c1-6(2)10(15)13(24)17-8(4-20)11(22)16-7(3-19)12(23)18-9(5-21)14(25)26/h6-10,19-21H,3-5,15H2,1-2H3,(H,16,22)(H,17,24)(H,18,23)(H,25,26)/t7-,8-,9-,10-/m0/s1. The molecule has 4 atom stereocenters. The van der Waals surface area contributed by atoms with Crippen LogP contribution in [-0.2, 0) is 19.2 Å². The van der Waals surface area contributed by atoms with Gasteiger partial charge in [-0.3, -0.25) is 14.4 Å². The zero-order valence-electron chi connectivity index (χ0n) is 14.5. The van der Waals surface area contributed by atoms with Crippen LogP contribution in [0.1, 0.15) is 13.8 Å². The van der Waals surface area contributed by atoms with Gasteiger partial charge < -0.3 is 42.1 Å². The monoisotopic (exact) mass is 378 g/mol. The number of aliphatic hydroxyl groups excluding tert-OH is 3. The fourth-order valence-electron chi connectivity index (χ4n) is 1.69. The van der Waals surface area contributed by atoms with Crippen LogP contribution in [0.25, 0.3) is 0 Å². The van der Waals surface area contributed by atoms with Crippen molar-refractivity contribution in [1.29, 1.82) is 0 Å².